The van der Waals surface area contributed by atoms with Gasteiger partial charge in [0.1, 0.15) is 0 Å². The number of aryl methyl sites for hydroxylation is 1. The summed E-state index contributed by atoms with van der Waals surface area (Å²) in [4.78, 5) is 0. The van der Waals surface area contributed by atoms with Gasteiger partial charge in [0, 0.05) is 6.54 Å². The van der Waals surface area contributed by atoms with Gasteiger partial charge in [0.25, 0.3) is 0 Å². The van der Waals surface area contributed by atoms with Gasteiger partial charge in [0.05, 0.1) is 37.1 Å². The standard InChI is InChI=1S/C20H26N2O6S2/c1-4-30(25,26)22-11-5-6-16-8-9-17(13-18(16)22)21-29(23,24)14-15-7-10-19(27-2)20(12-15)28-3/h7-10,12-13,21H,4-6,11,14H2,1-3H3. The summed E-state index contributed by atoms with van der Waals surface area (Å²) in [6.07, 6.45) is 1.49. The second-order valence-electron chi connectivity index (χ2n) is 6.97. The fraction of sp³-hybridized carbons (Fsp3) is 0.400. The molecule has 0 radical (unpaired) electrons. The van der Waals surface area contributed by atoms with E-state index in [1.807, 2.05) is 0 Å². The summed E-state index contributed by atoms with van der Waals surface area (Å²) < 4.78 is 64.6. The first-order valence-electron chi connectivity index (χ1n) is 9.54. The van der Waals surface area contributed by atoms with Crippen LogP contribution in [-0.2, 0) is 32.2 Å². The Bertz CT molecular complexity index is 1130. The van der Waals surface area contributed by atoms with Gasteiger partial charge in [-0.2, -0.15) is 0 Å². The van der Waals surface area contributed by atoms with Crippen molar-refractivity contribution in [2.24, 2.45) is 0 Å². The second-order valence-corrected chi connectivity index (χ2v) is 10.9. The van der Waals surface area contributed by atoms with Crippen molar-refractivity contribution in [3.05, 3.63) is 47.5 Å². The van der Waals surface area contributed by atoms with Crippen LogP contribution in [-0.4, -0.2) is 43.4 Å². The lowest BCUT2D eigenvalue weighted by Gasteiger charge is -2.30. The summed E-state index contributed by atoms with van der Waals surface area (Å²) in [5.74, 6) is 0.682. The lowest BCUT2D eigenvalue weighted by molar-refractivity contribution is 0.354. The summed E-state index contributed by atoms with van der Waals surface area (Å²) >= 11 is 0. The highest BCUT2D eigenvalue weighted by atomic mass is 32.2. The van der Waals surface area contributed by atoms with Crippen LogP contribution in [0.25, 0.3) is 0 Å². The van der Waals surface area contributed by atoms with Gasteiger partial charge in [-0.3, -0.25) is 9.03 Å². The minimum absolute atomic E-state index is 0.0122. The Morgan fingerprint density at radius 3 is 2.40 bits per heavy atom. The highest BCUT2D eigenvalue weighted by Crippen LogP contribution is 2.33. The Hall–Kier alpha value is -2.46. The summed E-state index contributed by atoms with van der Waals surface area (Å²) in [6, 6.07) is 9.95. The van der Waals surface area contributed by atoms with E-state index in [1.54, 1.807) is 43.3 Å². The minimum atomic E-state index is -3.73. The molecule has 8 nitrogen and oxygen atoms in total. The number of fused-ring (bicyclic) bond motifs is 1. The third-order valence-electron chi connectivity index (χ3n) is 4.94. The molecule has 1 N–H and O–H groups in total. The smallest absolute Gasteiger partial charge is 0.236 e. The molecule has 0 fully saturated rings. The summed E-state index contributed by atoms with van der Waals surface area (Å²) in [5, 5.41) is 0. The molecule has 0 spiro atoms. The van der Waals surface area contributed by atoms with Gasteiger partial charge in [-0.05, 0) is 55.2 Å². The van der Waals surface area contributed by atoms with E-state index in [9.17, 15) is 16.8 Å². The molecule has 1 heterocycles. The Kier molecular flexibility index (Phi) is 6.47. The molecule has 0 aliphatic carbocycles. The Morgan fingerprint density at radius 1 is 1.00 bits per heavy atom. The molecular weight excluding hydrogens is 428 g/mol. The molecule has 1 aliphatic heterocycles. The highest BCUT2D eigenvalue weighted by molar-refractivity contribution is 7.92. The number of benzene rings is 2. The first-order chi connectivity index (χ1) is 14.2. The minimum Gasteiger partial charge on any atom is -0.493 e. The maximum Gasteiger partial charge on any atom is 0.236 e. The van der Waals surface area contributed by atoms with Gasteiger partial charge >= 0.3 is 0 Å². The fourth-order valence-corrected chi connectivity index (χ4v) is 5.82. The molecule has 30 heavy (non-hydrogen) atoms. The number of nitrogens with zero attached hydrogens (tertiary/aromatic N) is 1. The van der Waals surface area contributed by atoms with Crippen molar-refractivity contribution in [1.82, 2.24) is 0 Å². The SMILES string of the molecule is CCS(=O)(=O)N1CCCc2ccc(NS(=O)(=O)Cc3ccc(OC)c(OC)c3)cc21. The van der Waals surface area contributed by atoms with Crippen LogP contribution in [0.5, 0.6) is 11.5 Å². The van der Waals surface area contributed by atoms with Crippen LogP contribution >= 0.6 is 0 Å². The van der Waals surface area contributed by atoms with Gasteiger partial charge in [-0.25, -0.2) is 16.8 Å². The van der Waals surface area contributed by atoms with Crippen LogP contribution in [0.15, 0.2) is 36.4 Å². The lowest BCUT2D eigenvalue weighted by atomic mass is 10.0. The molecule has 1 aliphatic rings. The molecule has 0 saturated carbocycles. The zero-order valence-corrected chi connectivity index (χ0v) is 18.8. The number of hydrogen-bond acceptors (Lipinski definition) is 6. The Balaban J connectivity index is 1.85. The molecule has 0 atom stereocenters. The molecule has 0 aromatic heterocycles. The number of anilines is 2. The first kappa shape index (κ1) is 22.2. The molecule has 10 heteroatoms. The van der Waals surface area contributed by atoms with E-state index in [1.165, 1.54) is 18.5 Å². The van der Waals surface area contributed by atoms with E-state index in [-0.39, 0.29) is 11.5 Å². The molecule has 0 unspecified atom stereocenters. The van der Waals surface area contributed by atoms with E-state index in [0.717, 1.165) is 18.4 Å². The predicted molar refractivity (Wildman–Crippen MR) is 117 cm³/mol. The first-order valence-corrected chi connectivity index (χ1v) is 12.8. The van der Waals surface area contributed by atoms with E-state index in [4.69, 9.17) is 9.47 Å². The third-order valence-corrected chi connectivity index (χ3v) is 7.98. The zero-order valence-electron chi connectivity index (χ0n) is 17.2. The number of ether oxygens (including phenoxy) is 2. The average molecular weight is 455 g/mol. The third kappa shape index (κ3) is 4.81. The van der Waals surface area contributed by atoms with E-state index < -0.39 is 20.0 Å². The van der Waals surface area contributed by atoms with Gasteiger partial charge in [-0.15, -0.1) is 0 Å². The number of sulfonamides is 2. The van der Waals surface area contributed by atoms with Gasteiger partial charge in [0.2, 0.25) is 20.0 Å². The van der Waals surface area contributed by atoms with Crippen LogP contribution in [0.2, 0.25) is 0 Å². The van der Waals surface area contributed by atoms with Crippen molar-refractivity contribution < 1.29 is 26.3 Å². The fourth-order valence-electron chi connectivity index (χ4n) is 3.45. The van der Waals surface area contributed by atoms with Crippen LogP contribution in [0, 0.1) is 0 Å². The summed E-state index contributed by atoms with van der Waals surface area (Å²) in [6.45, 7) is 1.99. The summed E-state index contributed by atoms with van der Waals surface area (Å²) in [5.41, 5.74) is 2.29. The molecule has 0 amide bonds. The predicted octanol–water partition coefficient (Wildman–Crippen LogP) is 2.75. The number of nitrogens with one attached hydrogen (secondary N) is 1. The number of methoxy groups -OCH3 is 2. The molecule has 0 bridgehead atoms. The molecule has 3 rings (SSSR count). The number of rotatable bonds is 8. The topological polar surface area (TPSA) is 102 Å². The maximum absolute atomic E-state index is 12.7. The largest absolute Gasteiger partial charge is 0.493 e. The van der Waals surface area contributed by atoms with E-state index in [0.29, 0.717) is 35.0 Å². The van der Waals surface area contributed by atoms with Crippen molar-refractivity contribution in [3.63, 3.8) is 0 Å². The summed E-state index contributed by atoms with van der Waals surface area (Å²) in [7, 11) is -4.17. The zero-order chi connectivity index (χ0) is 21.9. The molecule has 164 valence electrons. The van der Waals surface area contributed by atoms with Crippen molar-refractivity contribution in [1.29, 1.82) is 0 Å². The van der Waals surface area contributed by atoms with Gasteiger partial charge in [-0.1, -0.05) is 12.1 Å². The van der Waals surface area contributed by atoms with Crippen LogP contribution < -0.4 is 18.5 Å². The molecule has 2 aromatic rings. The van der Waals surface area contributed by atoms with Crippen molar-refractivity contribution in [2.45, 2.75) is 25.5 Å². The maximum atomic E-state index is 12.7. The highest BCUT2D eigenvalue weighted by Gasteiger charge is 2.26. The lowest BCUT2D eigenvalue weighted by Crippen LogP contribution is -2.36. The van der Waals surface area contributed by atoms with E-state index in [2.05, 4.69) is 4.72 Å². The molecule has 0 saturated heterocycles. The second kappa shape index (κ2) is 8.73. The Labute approximate surface area is 177 Å². The average Bonchev–Trinajstić information content (AvgIpc) is 2.72. The van der Waals surface area contributed by atoms with Crippen molar-refractivity contribution >= 4 is 31.4 Å². The van der Waals surface area contributed by atoms with Crippen molar-refractivity contribution in [3.8, 4) is 11.5 Å². The van der Waals surface area contributed by atoms with Crippen LogP contribution in [0.4, 0.5) is 11.4 Å². The Morgan fingerprint density at radius 2 is 1.73 bits per heavy atom. The quantitative estimate of drug-likeness (QED) is 0.658. The van der Waals surface area contributed by atoms with Crippen LogP contribution in [0.3, 0.4) is 0 Å². The van der Waals surface area contributed by atoms with Gasteiger partial charge < -0.3 is 9.47 Å². The van der Waals surface area contributed by atoms with Crippen molar-refractivity contribution in [2.75, 3.05) is 35.5 Å². The monoisotopic (exact) mass is 454 g/mol. The van der Waals surface area contributed by atoms with Crippen LogP contribution in [0.1, 0.15) is 24.5 Å². The van der Waals surface area contributed by atoms with Gasteiger partial charge in [0.15, 0.2) is 11.5 Å². The molecular formula is C20H26N2O6S2. The normalized spacial score (nSPS) is 14.2. The van der Waals surface area contributed by atoms with E-state index >= 15 is 0 Å². The number of hydrogen-bond donors (Lipinski definition) is 1. The molecule has 2 aromatic carbocycles.